The summed E-state index contributed by atoms with van der Waals surface area (Å²) in [4.78, 5) is 23.4. The molecule has 0 spiro atoms. The van der Waals surface area contributed by atoms with Crippen LogP contribution >= 0.6 is 0 Å². The summed E-state index contributed by atoms with van der Waals surface area (Å²) in [7, 11) is 0. The minimum Gasteiger partial charge on any atom is -0.454 e. The Morgan fingerprint density at radius 1 is 1.32 bits per heavy atom. The zero-order valence-electron chi connectivity index (χ0n) is 12.2. The van der Waals surface area contributed by atoms with Crippen molar-refractivity contribution in [1.29, 1.82) is 0 Å². The molecule has 1 aliphatic carbocycles. The summed E-state index contributed by atoms with van der Waals surface area (Å²) in [6, 6.07) is 5.60. The molecule has 1 atom stereocenters. The summed E-state index contributed by atoms with van der Waals surface area (Å²) < 4.78 is 15.5. The lowest BCUT2D eigenvalue weighted by Gasteiger charge is -2.11. The van der Waals surface area contributed by atoms with Crippen molar-refractivity contribution in [1.82, 2.24) is 5.32 Å². The second-order valence-electron chi connectivity index (χ2n) is 5.31. The average Bonchev–Trinajstić information content (AvgIpc) is 3.19. The summed E-state index contributed by atoms with van der Waals surface area (Å²) in [6.07, 6.45) is 4.09. The maximum atomic E-state index is 11.7. The standard InChI is InChI=1S/C16H17NO5/c1-10(16(19)17-12-4-5-12)22-15(18)7-3-11-2-6-13-14(8-11)21-9-20-13/h2-3,6-8,10,12H,4-5,9H2,1H3,(H,17,19)/b7-3-/t10-/m0/s1. The smallest absolute Gasteiger partial charge is 0.331 e. The highest BCUT2D eigenvalue weighted by molar-refractivity contribution is 5.90. The Balaban J connectivity index is 1.53. The first-order valence-electron chi connectivity index (χ1n) is 7.20. The molecule has 1 saturated carbocycles. The predicted octanol–water partition coefficient (Wildman–Crippen LogP) is 1.64. The van der Waals surface area contributed by atoms with E-state index < -0.39 is 12.1 Å². The van der Waals surface area contributed by atoms with Gasteiger partial charge in [0.1, 0.15) is 0 Å². The number of esters is 1. The fourth-order valence-electron chi connectivity index (χ4n) is 1.99. The minimum absolute atomic E-state index is 0.207. The molecule has 1 heterocycles. The van der Waals surface area contributed by atoms with E-state index >= 15 is 0 Å². The highest BCUT2D eigenvalue weighted by atomic mass is 16.7. The first-order chi connectivity index (χ1) is 10.6. The van der Waals surface area contributed by atoms with Crippen LogP contribution in [0.15, 0.2) is 24.3 Å². The zero-order valence-corrected chi connectivity index (χ0v) is 12.2. The topological polar surface area (TPSA) is 73.9 Å². The Labute approximate surface area is 128 Å². The van der Waals surface area contributed by atoms with E-state index in [-0.39, 0.29) is 18.7 Å². The van der Waals surface area contributed by atoms with Crippen LogP contribution in [0.1, 0.15) is 25.3 Å². The Hall–Kier alpha value is -2.50. The lowest BCUT2D eigenvalue weighted by Crippen LogP contribution is -2.36. The van der Waals surface area contributed by atoms with E-state index in [9.17, 15) is 9.59 Å². The molecule has 0 unspecified atom stereocenters. The summed E-state index contributed by atoms with van der Waals surface area (Å²) >= 11 is 0. The number of carbonyl (C=O) groups excluding carboxylic acids is 2. The second-order valence-corrected chi connectivity index (χ2v) is 5.31. The number of fused-ring (bicyclic) bond motifs is 1. The van der Waals surface area contributed by atoms with Crippen molar-refractivity contribution in [3.8, 4) is 11.5 Å². The molecule has 1 aromatic rings. The number of ether oxygens (including phenoxy) is 3. The Kier molecular flexibility index (Phi) is 4.00. The van der Waals surface area contributed by atoms with Gasteiger partial charge >= 0.3 is 5.97 Å². The maximum absolute atomic E-state index is 11.7. The number of carbonyl (C=O) groups is 2. The van der Waals surface area contributed by atoms with Crippen molar-refractivity contribution in [3.05, 3.63) is 29.8 Å². The van der Waals surface area contributed by atoms with Crippen molar-refractivity contribution in [3.63, 3.8) is 0 Å². The molecule has 1 aliphatic heterocycles. The lowest BCUT2D eigenvalue weighted by atomic mass is 10.2. The van der Waals surface area contributed by atoms with E-state index in [1.807, 2.05) is 0 Å². The number of nitrogens with one attached hydrogen (secondary N) is 1. The molecule has 6 heteroatoms. The summed E-state index contributed by atoms with van der Waals surface area (Å²) in [5, 5.41) is 2.79. The molecule has 0 radical (unpaired) electrons. The quantitative estimate of drug-likeness (QED) is 0.661. The van der Waals surface area contributed by atoms with Crippen LogP contribution in [0.4, 0.5) is 0 Å². The van der Waals surface area contributed by atoms with E-state index in [0.717, 1.165) is 18.4 Å². The highest BCUT2D eigenvalue weighted by Crippen LogP contribution is 2.32. The average molecular weight is 303 g/mol. The van der Waals surface area contributed by atoms with Gasteiger partial charge in [-0.1, -0.05) is 6.07 Å². The molecular formula is C16H17NO5. The van der Waals surface area contributed by atoms with Crippen molar-refractivity contribution in [2.75, 3.05) is 6.79 Å². The molecule has 22 heavy (non-hydrogen) atoms. The number of rotatable bonds is 5. The van der Waals surface area contributed by atoms with Crippen molar-refractivity contribution < 1.29 is 23.8 Å². The molecule has 1 amide bonds. The van der Waals surface area contributed by atoms with Crippen LogP contribution < -0.4 is 14.8 Å². The number of benzene rings is 1. The highest BCUT2D eigenvalue weighted by Gasteiger charge is 2.26. The molecule has 2 aliphatic rings. The molecule has 1 aromatic carbocycles. The maximum Gasteiger partial charge on any atom is 0.331 e. The van der Waals surface area contributed by atoms with Gasteiger partial charge in [0, 0.05) is 12.1 Å². The summed E-state index contributed by atoms with van der Waals surface area (Å²) in [5.41, 5.74) is 0.788. The van der Waals surface area contributed by atoms with Crippen LogP contribution in [-0.2, 0) is 14.3 Å². The Morgan fingerprint density at radius 2 is 2.09 bits per heavy atom. The van der Waals surface area contributed by atoms with Crippen LogP contribution in [-0.4, -0.2) is 30.8 Å². The molecule has 1 fully saturated rings. The second kappa shape index (κ2) is 6.09. The van der Waals surface area contributed by atoms with Gasteiger partial charge in [0.25, 0.3) is 5.91 Å². The van der Waals surface area contributed by atoms with Gasteiger partial charge < -0.3 is 19.5 Å². The molecule has 116 valence electrons. The molecule has 0 aromatic heterocycles. The SMILES string of the molecule is C[C@H](OC(=O)/C=C\c1ccc2c(c1)OCO2)C(=O)NC1CC1. The van der Waals surface area contributed by atoms with Crippen LogP contribution in [0.25, 0.3) is 6.08 Å². The Bertz CT molecular complexity index is 621. The van der Waals surface area contributed by atoms with E-state index in [4.69, 9.17) is 14.2 Å². The molecule has 1 N–H and O–H groups in total. The largest absolute Gasteiger partial charge is 0.454 e. The van der Waals surface area contributed by atoms with Crippen molar-refractivity contribution in [2.24, 2.45) is 0 Å². The predicted molar refractivity (Wildman–Crippen MR) is 78.3 cm³/mol. The molecule has 0 bridgehead atoms. The van der Waals surface area contributed by atoms with Gasteiger partial charge in [0.15, 0.2) is 17.6 Å². The molecule has 3 rings (SSSR count). The monoisotopic (exact) mass is 303 g/mol. The van der Waals surface area contributed by atoms with E-state index in [1.165, 1.54) is 6.08 Å². The fraction of sp³-hybridized carbons (Fsp3) is 0.375. The summed E-state index contributed by atoms with van der Waals surface area (Å²) in [6.45, 7) is 1.77. The van der Waals surface area contributed by atoms with Gasteiger partial charge in [-0.3, -0.25) is 4.79 Å². The summed E-state index contributed by atoms with van der Waals surface area (Å²) in [5.74, 6) is 0.515. The lowest BCUT2D eigenvalue weighted by molar-refractivity contribution is -0.150. The zero-order chi connectivity index (χ0) is 15.5. The fourth-order valence-corrected chi connectivity index (χ4v) is 1.99. The number of amides is 1. The number of hydrogen-bond acceptors (Lipinski definition) is 5. The van der Waals surface area contributed by atoms with E-state index in [1.54, 1.807) is 31.2 Å². The molecule has 6 nitrogen and oxygen atoms in total. The Morgan fingerprint density at radius 3 is 2.86 bits per heavy atom. The third-order valence-corrected chi connectivity index (χ3v) is 3.39. The third kappa shape index (κ3) is 3.58. The minimum atomic E-state index is -0.797. The van der Waals surface area contributed by atoms with Crippen molar-refractivity contribution >= 4 is 18.0 Å². The van der Waals surface area contributed by atoms with Gasteiger partial charge in [-0.25, -0.2) is 4.79 Å². The van der Waals surface area contributed by atoms with Gasteiger partial charge in [0.05, 0.1) is 0 Å². The molecule has 0 saturated heterocycles. The van der Waals surface area contributed by atoms with E-state index in [2.05, 4.69) is 5.32 Å². The normalized spacial score (nSPS) is 17.3. The molecular weight excluding hydrogens is 286 g/mol. The first-order valence-corrected chi connectivity index (χ1v) is 7.20. The van der Waals surface area contributed by atoms with E-state index in [0.29, 0.717) is 11.5 Å². The van der Waals surface area contributed by atoms with Crippen LogP contribution in [0.5, 0.6) is 11.5 Å². The van der Waals surface area contributed by atoms with Gasteiger partial charge in [-0.15, -0.1) is 0 Å². The third-order valence-electron chi connectivity index (χ3n) is 3.39. The van der Waals surface area contributed by atoms with Gasteiger partial charge in [0.2, 0.25) is 6.79 Å². The van der Waals surface area contributed by atoms with Gasteiger partial charge in [-0.05, 0) is 43.5 Å². The van der Waals surface area contributed by atoms with Gasteiger partial charge in [-0.2, -0.15) is 0 Å². The first kappa shape index (κ1) is 14.4. The van der Waals surface area contributed by atoms with Crippen molar-refractivity contribution in [2.45, 2.75) is 31.9 Å². The van der Waals surface area contributed by atoms with Crippen LogP contribution in [0.3, 0.4) is 0 Å². The van der Waals surface area contributed by atoms with Crippen LogP contribution in [0, 0.1) is 0 Å². The van der Waals surface area contributed by atoms with Crippen LogP contribution in [0.2, 0.25) is 0 Å². The number of hydrogen-bond donors (Lipinski definition) is 1.